The van der Waals surface area contributed by atoms with E-state index in [2.05, 4.69) is 15.9 Å². The van der Waals surface area contributed by atoms with Crippen LogP contribution in [0.4, 0.5) is 13.2 Å². The van der Waals surface area contributed by atoms with Crippen molar-refractivity contribution in [2.75, 3.05) is 5.33 Å². The van der Waals surface area contributed by atoms with E-state index in [4.69, 9.17) is 4.79 Å². The molecule has 0 atom stereocenters. The molecular weight excluding hydrogens is 249 g/mol. The summed E-state index contributed by atoms with van der Waals surface area (Å²) in [4.78, 5) is 9.13. The Morgan fingerprint density at radius 1 is 1.23 bits per heavy atom. The second-order valence-corrected chi connectivity index (χ2v) is 2.53. The summed E-state index contributed by atoms with van der Waals surface area (Å²) in [7, 11) is 0. The van der Waals surface area contributed by atoms with Crippen LogP contribution >= 0.6 is 15.9 Å². The largest absolute Gasteiger partial charge is 0.302 e. The molecule has 0 fully saturated rings. The molecule has 1 rings (SSSR count). The third kappa shape index (κ3) is 5.41. The molecule has 5 heteroatoms. The van der Waals surface area contributed by atoms with Gasteiger partial charge in [-0.3, -0.25) is 0 Å². The highest BCUT2D eigenvalue weighted by Gasteiger charge is 1.99. The van der Waals surface area contributed by atoms with Crippen molar-refractivity contribution in [3.63, 3.8) is 0 Å². The van der Waals surface area contributed by atoms with Crippen LogP contribution in [0.1, 0.15) is 0 Å². The van der Waals surface area contributed by atoms with Crippen molar-refractivity contribution >= 4 is 22.2 Å². The van der Waals surface area contributed by atoms with Crippen LogP contribution in [-0.4, -0.2) is 11.6 Å². The topological polar surface area (TPSA) is 17.1 Å². The molecule has 0 N–H and O–H groups in total. The van der Waals surface area contributed by atoms with Crippen LogP contribution in [0.2, 0.25) is 0 Å². The van der Waals surface area contributed by atoms with Crippen molar-refractivity contribution in [2.24, 2.45) is 0 Å². The Labute approximate surface area is 81.7 Å². The molecule has 1 aromatic carbocycles. The summed E-state index contributed by atoms with van der Waals surface area (Å²) in [6.07, 6.45) is 0.792. The van der Waals surface area contributed by atoms with Crippen LogP contribution in [0.5, 0.6) is 0 Å². The normalized spacial score (nSPS) is 8.62. The van der Waals surface area contributed by atoms with Gasteiger partial charge in [0.1, 0.15) is 12.1 Å². The lowest BCUT2D eigenvalue weighted by Gasteiger charge is -1.88. The van der Waals surface area contributed by atoms with Gasteiger partial charge in [0.05, 0.1) is 5.33 Å². The van der Waals surface area contributed by atoms with Gasteiger partial charge in [-0.15, -0.1) is 0 Å². The third-order valence-electron chi connectivity index (χ3n) is 0.945. The first-order valence-corrected chi connectivity index (χ1v) is 4.34. The molecule has 1 nitrogen and oxygen atoms in total. The second-order valence-electron chi connectivity index (χ2n) is 1.88. The zero-order chi connectivity index (χ0) is 10.3. The predicted molar refractivity (Wildman–Crippen MR) is 46.2 cm³/mol. The maximum absolute atomic E-state index is 12.0. The summed E-state index contributed by atoms with van der Waals surface area (Å²) in [5.74, 6) is -2.96. The fourth-order valence-corrected chi connectivity index (χ4v) is 0.470. The van der Waals surface area contributed by atoms with E-state index in [1.54, 1.807) is 0 Å². The summed E-state index contributed by atoms with van der Waals surface area (Å²) in [5, 5.41) is 0.451. The van der Waals surface area contributed by atoms with E-state index in [0.717, 1.165) is 18.4 Å². The molecule has 0 aliphatic rings. The first kappa shape index (κ1) is 12.2. The van der Waals surface area contributed by atoms with Crippen molar-refractivity contribution in [3.05, 3.63) is 35.7 Å². The summed E-state index contributed by atoms with van der Waals surface area (Å²) in [6.45, 7) is 0. The average molecular weight is 255 g/mol. The van der Waals surface area contributed by atoms with Gasteiger partial charge in [0.15, 0.2) is 11.6 Å². The van der Waals surface area contributed by atoms with Crippen LogP contribution in [-0.2, 0) is 4.79 Å². The standard InChI is InChI=1S/C6H3F3.C2H3BrO/c7-4-1-2-5(8)6(9)3-4;3-1-2-4/h1-3H;2H,1H2. The van der Waals surface area contributed by atoms with Gasteiger partial charge in [-0.05, 0) is 12.1 Å². The maximum atomic E-state index is 12.0. The highest BCUT2D eigenvalue weighted by molar-refractivity contribution is 9.09. The van der Waals surface area contributed by atoms with E-state index < -0.39 is 17.5 Å². The van der Waals surface area contributed by atoms with Gasteiger partial charge in [-0.1, -0.05) is 15.9 Å². The Bertz CT molecular complexity index is 278. The summed E-state index contributed by atoms with van der Waals surface area (Å²) < 4.78 is 35.9. The van der Waals surface area contributed by atoms with Gasteiger partial charge in [0, 0.05) is 6.07 Å². The van der Waals surface area contributed by atoms with E-state index in [1.807, 2.05) is 0 Å². The number of carbonyl (C=O) groups is 1. The molecular formula is C8H6BrF3O. The van der Waals surface area contributed by atoms with Gasteiger partial charge < -0.3 is 4.79 Å². The van der Waals surface area contributed by atoms with Gasteiger partial charge in [0.2, 0.25) is 0 Å². The number of alkyl halides is 1. The first-order chi connectivity index (χ1) is 6.11. The van der Waals surface area contributed by atoms with Gasteiger partial charge in [0.25, 0.3) is 0 Å². The van der Waals surface area contributed by atoms with Crippen LogP contribution in [0, 0.1) is 17.5 Å². The molecule has 0 aromatic heterocycles. The molecule has 0 amide bonds. The molecule has 13 heavy (non-hydrogen) atoms. The Hall–Kier alpha value is -0.840. The van der Waals surface area contributed by atoms with Crippen molar-refractivity contribution in [1.29, 1.82) is 0 Å². The van der Waals surface area contributed by atoms with Crippen LogP contribution in [0.25, 0.3) is 0 Å². The smallest absolute Gasteiger partial charge is 0.161 e. The Morgan fingerprint density at radius 2 is 1.77 bits per heavy atom. The number of halogens is 4. The second kappa shape index (κ2) is 6.65. The van der Waals surface area contributed by atoms with Gasteiger partial charge >= 0.3 is 0 Å². The van der Waals surface area contributed by atoms with Gasteiger partial charge in [-0.2, -0.15) is 0 Å². The van der Waals surface area contributed by atoms with Crippen molar-refractivity contribution in [2.45, 2.75) is 0 Å². The predicted octanol–water partition coefficient (Wildman–Crippen LogP) is 2.68. The van der Waals surface area contributed by atoms with Crippen molar-refractivity contribution in [3.8, 4) is 0 Å². The van der Waals surface area contributed by atoms with E-state index in [-0.39, 0.29) is 0 Å². The highest BCUT2D eigenvalue weighted by atomic mass is 79.9. The minimum atomic E-state index is -1.16. The van der Waals surface area contributed by atoms with Crippen molar-refractivity contribution in [1.82, 2.24) is 0 Å². The number of benzene rings is 1. The lowest BCUT2D eigenvalue weighted by atomic mass is 10.3. The molecule has 0 aliphatic heterocycles. The number of hydrogen-bond donors (Lipinski definition) is 0. The summed E-state index contributed by atoms with van der Waals surface area (Å²) >= 11 is 2.88. The quantitative estimate of drug-likeness (QED) is 0.428. The van der Waals surface area contributed by atoms with E-state index in [9.17, 15) is 13.2 Å². The molecule has 72 valence electrons. The molecule has 0 saturated heterocycles. The van der Waals surface area contributed by atoms with Crippen LogP contribution in [0.15, 0.2) is 18.2 Å². The fourth-order valence-electron chi connectivity index (χ4n) is 0.470. The summed E-state index contributed by atoms with van der Waals surface area (Å²) in [5.41, 5.74) is 0. The van der Waals surface area contributed by atoms with Crippen molar-refractivity contribution < 1.29 is 18.0 Å². The number of carbonyl (C=O) groups excluding carboxylic acids is 1. The number of hydrogen-bond acceptors (Lipinski definition) is 1. The number of aldehydes is 1. The first-order valence-electron chi connectivity index (χ1n) is 3.22. The Morgan fingerprint density at radius 3 is 2.08 bits per heavy atom. The lowest BCUT2D eigenvalue weighted by molar-refractivity contribution is -0.105. The maximum Gasteiger partial charge on any atom is 0.161 e. The minimum Gasteiger partial charge on any atom is -0.302 e. The Balaban J connectivity index is 0.000000310. The number of rotatable bonds is 1. The Kier molecular flexibility index (Phi) is 6.22. The highest BCUT2D eigenvalue weighted by Crippen LogP contribution is 2.05. The average Bonchev–Trinajstić information content (AvgIpc) is 2.12. The van der Waals surface area contributed by atoms with Crippen LogP contribution < -0.4 is 0 Å². The SMILES string of the molecule is Fc1ccc(F)c(F)c1.O=CCBr. The van der Waals surface area contributed by atoms with E-state index in [0.29, 0.717) is 11.4 Å². The molecule has 0 saturated carbocycles. The molecule has 0 unspecified atom stereocenters. The molecule has 0 spiro atoms. The van der Waals surface area contributed by atoms with Gasteiger partial charge in [-0.25, -0.2) is 13.2 Å². The summed E-state index contributed by atoms with van der Waals surface area (Å²) in [6, 6.07) is 2.10. The van der Waals surface area contributed by atoms with E-state index >= 15 is 0 Å². The molecule has 0 radical (unpaired) electrons. The molecule has 1 aromatic rings. The lowest BCUT2D eigenvalue weighted by Crippen LogP contribution is -1.83. The zero-order valence-corrected chi connectivity index (χ0v) is 8.02. The zero-order valence-electron chi connectivity index (χ0n) is 6.44. The molecule has 0 bridgehead atoms. The molecule has 0 heterocycles. The fraction of sp³-hybridized carbons (Fsp3) is 0.125. The minimum absolute atomic E-state index is 0.451. The monoisotopic (exact) mass is 254 g/mol. The molecule has 0 aliphatic carbocycles. The van der Waals surface area contributed by atoms with E-state index in [1.165, 1.54) is 0 Å². The third-order valence-corrected chi connectivity index (χ3v) is 1.21. The van der Waals surface area contributed by atoms with Crippen LogP contribution in [0.3, 0.4) is 0 Å².